The molecule has 0 saturated heterocycles. The van der Waals surface area contributed by atoms with Crippen LogP contribution in [0, 0.1) is 6.92 Å². The lowest BCUT2D eigenvalue weighted by Crippen LogP contribution is -1.89. The van der Waals surface area contributed by atoms with Crippen molar-refractivity contribution in [3.8, 4) is 11.1 Å². The number of fused-ring (bicyclic) bond motifs is 1. The van der Waals surface area contributed by atoms with Crippen molar-refractivity contribution in [1.29, 1.82) is 0 Å². The Balaban J connectivity index is 2.24. The van der Waals surface area contributed by atoms with Gasteiger partial charge in [0, 0.05) is 22.3 Å². The number of aryl methyl sites for hydroxylation is 1. The molecule has 0 N–H and O–H groups in total. The largest absolute Gasteiger partial charge is 0.286 e. The van der Waals surface area contributed by atoms with E-state index < -0.39 is 0 Å². The van der Waals surface area contributed by atoms with Crippen LogP contribution in [0.2, 0.25) is 5.02 Å². The van der Waals surface area contributed by atoms with E-state index in [1.165, 1.54) is 0 Å². The van der Waals surface area contributed by atoms with E-state index in [1.807, 2.05) is 53.9 Å². The molecule has 0 aliphatic rings. The second-order valence-electron chi connectivity index (χ2n) is 3.87. The molecule has 0 aliphatic carbocycles. The van der Waals surface area contributed by atoms with Crippen LogP contribution in [0.3, 0.4) is 0 Å². The first kappa shape index (κ1) is 10.3. The molecule has 0 atom stereocenters. The fraction of sp³-hybridized carbons (Fsp3) is 0.0769. The zero-order valence-electron chi connectivity index (χ0n) is 9.26. The van der Waals surface area contributed by atoms with Gasteiger partial charge in [-0.2, -0.15) is 0 Å². The van der Waals surface area contributed by atoms with Gasteiger partial charge in [-0.25, -0.2) is 0 Å². The summed E-state index contributed by atoms with van der Waals surface area (Å²) in [4.78, 5) is 0. The first-order chi connectivity index (χ1) is 8.25. The van der Waals surface area contributed by atoms with Gasteiger partial charge in [0.05, 0.1) is 0 Å². The molecule has 2 aromatic heterocycles. The Bertz CT molecular complexity index is 688. The summed E-state index contributed by atoms with van der Waals surface area (Å²) in [5.74, 6) is 0.869. The summed E-state index contributed by atoms with van der Waals surface area (Å²) in [6.45, 7) is 1.93. The zero-order chi connectivity index (χ0) is 11.8. The van der Waals surface area contributed by atoms with Gasteiger partial charge in [-0.05, 0) is 25.1 Å². The number of hydrogen-bond donors (Lipinski definition) is 0. The van der Waals surface area contributed by atoms with Gasteiger partial charge < -0.3 is 0 Å². The molecule has 0 amide bonds. The summed E-state index contributed by atoms with van der Waals surface area (Å²) in [6, 6.07) is 11.7. The Morgan fingerprint density at radius 1 is 1.06 bits per heavy atom. The van der Waals surface area contributed by atoms with Gasteiger partial charge >= 0.3 is 0 Å². The topological polar surface area (TPSA) is 30.2 Å². The van der Waals surface area contributed by atoms with E-state index in [0.717, 1.165) is 27.6 Å². The van der Waals surface area contributed by atoms with Gasteiger partial charge in [-0.15, -0.1) is 10.2 Å². The lowest BCUT2D eigenvalue weighted by molar-refractivity contribution is 1.01. The van der Waals surface area contributed by atoms with Crippen molar-refractivity contribution in [3.63, 3.8) is 0 Å². The van der Waals surface area contributed by atoms with Crippen LogP contribution in [-0.2, 0) is 0 Å². The Labute approximate surface area is 104 Å². The lowest BCUT2D eigenvalue weighted by atomic mass is 10.1. The highest BCUT2D eigenvalue weighted by molar-refractivity contribution is 6.33. The third-order valence-electron chi connectivity index (χ3n) is 2.76. The number of rotatable bonds is 1. The van der Waals surface area contributed by atoms with Crippen LogP contribution < -0.4 is 0 Å². The highest BCUT2D eigenvalue weighted by atomic mass is 35.5. The van der Waals surface area contributed by atoms with Gasteiger partial charge in [-0.3, -0.25) is 4.40 Å². The summed E-state index contributed by atoms with van der Waals surface area (Å²) >= 11 is 6.18. The summed E-state index contributed by atoms with van der Waals surface area (Å²) in [6.07, 6.45) is 2.01. The standard InChI is InChI=1S/C13H10ClN3/c1-9-15-16-13-7-6-10(8-17(9)13)11-4-2-3-5-12(11)14/h2-8H,1H3. The number of aromatic nitrogens is 3. The molecule has 0 unspecified atom stereocenters. The van der Waals surface area contributed by atoms with Crippen molar-refractivity contribution in [3.05, 3.63) is 53.4 Å². The van der Waals surface area contributed by atoms with Crippen LogP contribution >= 0.6 is 11.6 Å². The number of hydrogen-bond acceptors (Lipinski definition) is 2. The molecule has 0 saturated carbocycles. The third kappa shape index (κ3) is 1.68. The minimum Gasteiger partial charge on any atom is -0.286 e. The third-order valence-corrected chi connectivity index (χ3v) is 3.09. The van der Waals surface area contributed by atoms with Crippen molar-refractivity contribution in [2.75, 3.05) is 0 Å². The molecule has 2 heterocycles. The highest BCUT2D eigenvalue weighted by Crippen LogP contribution is 2.27. The minimum atomic E-state index is 0.748. The number of nitrogens with zero attached hydrogens (tertiary/aromatic N) is 3. The van der Waals surface area contributed by atoms with Gasteiger partial charge in [0.25, 0.3) is 0 Å². The average Bonchev–Trinajstić information content (AvgIpc) is 2.71. The Morgan fingerprint density at radius 3 is 2.71 bits per heavy atom. The van der Waals surface area contributed by atoms with Gasteiger partial charge in [0.15, 0.2) is 5.65 Å². The summed E-state index contributed by atoms with van der Waals surface area (Å²) in [5.41, 5.74) is 2.92. The second-order valence-corrected chi connectivity index (χ2v) is 4.28. The van der Waals surface area contributed by atoms with E-state index in [9.17, 15) is 0 Å². The fourth-order valence-corrected chi connectivity index (χ4v) is 2.10. The molecule has 3 nitrogen and oxygen atoms in total. The van der Waals surface area contributed by atoms with E-state index in [4.69, 9.17) is 11.6 Å². The second kappa shape index (κ2) is 3.86. The average molecular weight is 244 g/mol. The molecular weight excluding hydrogens is 234 g/mol. The number of halogens is 1. The van der Waals surface area contributed by atoms with E-state index in [2.05, 4.69) is 10.2 Å². The Kier molecular flexibility index (Phi) is 2.34. The van der Waals surface area contributed by atoms with Crippen molar-refractivity contribution in [2.24, 2.45) is 0 Å². The summed E-state index contributed by atoms with van der Waals surface area (Å²) in [5, 5.41) is 8.84. The molecule has 0 aliphatic heterocycles. The molecule has 84 valence electrons. The fourth-order valence-electron chi connectivity index (χ4n) is 1.86. The molecule has 0 bridgehead atoms. The summed E-state index contributed by atoms with van der Waals surface area (Å²) in [7, 11) is 0. The van der Waals surface area contributed by atoms with Crippen molar-refractivity contribution >= 4 is 17.2 Å². The zero-order valence-corrected chi connectivity index (χ0v) is 10.0. The predicted octanol–water partition coefficient (Wildman–Crippen LogP) is 3.36. The maximum absolute atomic E-state index is 6.18. The van der Waals surface area contributed by atoms with Crippen molar-refractivity contribution in [2.45, 2.75) is 6.92 Å². The maximum Gasteiger partial charge on any atom is 0.160 e. The van der Waals surface area contributed by atoms with Gasteiger partial charge in [-0.1, -0.05) is 29.8 Å². The normalized spacial score (nSPS) is 10.9. The molecule has 0 radical (unpaired) electrons. The van der Waals surface area contributed by atoms with Crippen molar-refractivity contribution < 1.29 is 0 Å². The van der Waals surface area contributed by atoms with Gasteiger partial charge in [0.1, 0.15) is 5.82 Å². The predicted molar refractivity (Wildman–Crippen MR) is 68.2 cm³/mol. The molecular formula is C13H10ClN3. The first-order valence-corrected chi connectivity index (χ1v) is 5.70. The van der Waals surface area contributed by atoms with Crippen LogP contribution in [0.15, 0.2) is 42.6 Å². The SMILES string of the molecule is Cc1nnc2ccc(-c3ccccc3Cl)cn12. The lowest BCUT2D eigenvalue weighted by Gasteiger charge is -2.05. The van der Waals surface area contributed by atoms with Crippen LogP contribution in [0.25, 0.3) is 16.8 Å². The maximum atomic E-state index is 6.18. The van der Waals surface area contributed by atoms with E-state index in [1.54, 1.807) is 0 Å². The van der Waals surface area contributed by atoms with Crippen LogP contribution in [0.5, 0.6) is 0 Å². The molecule has 3 rings (SSSR count). The smallest absolute Gasteiger partial charge is 0.160 e. The molecule has 0 spiro atoms. The van der Waals surface area contributed by atoms with Crippen molar-refractivity contribution in [1.82, 2.24) is 14.6 Å². The minimum absolute atomic E-state index is 0.748. The van der Waals surface area contributed by atoms with E-state index in [0.29, 0.717) is 0 Å². The van der Waals surface area contributed by atoms with Crippen LogP contribution in [-0.4, -0.2) is 14.6 Å². The quantitative estimate of drug-likeness (QED) is 0.656. The number of pyridine rings is 1. The van der Waals surface area contributed by atoms with Crippen LogP contribution in [0.1, 0.15) is 5.82 Å². The Hall–Kier alpha value is -1.87. The molecule has 0 fully saturated rings. The molecule has 3 aromatic rings. The summed E-state index contributed by atoms with van der Waals surface area (Å²) < 4.78 is 1.96. The van der Waals surface area contributed by atoms with Gasteiger partial charge in [0.2, 0.25) is 0 Å². The molecule has 17 heavy (non-hydrogen) atoms. The number of benzene rings is 1. The highest BCUT2D eigenvalue weighted by Gasteiger charge is 2.05. The monoisotopic (exact) mass is 243 g/mol. The Morgan fingerprint density at radius 2 is 1.88 bits per heavy atom. The van der Waals surface area contributed by atoms with Crippen LogP contribution in [0.4, 0.5) is 0 Å². The molecule has 4 heteroatoms. The van der Waals surface area contributed by atoms with E-state index >= 15 is 0 Å². The first-order valence-electron chi connectivity index (χ1n) is 5.32. The van der Waals surface area contributed by atoms with E-state index in [-0.39, 0.29) is 0 Å². The molecule has 1 aromatic carbocycles.